The fourth-order valence-electron chi connectivity index (χ4n) is 1.76. The predicted octanol–water partition coefficient (Wildman–Crippen LogP) is 5.14. The molecule has 2 aromatic rings. The standard InChI is InChI=1S/C16H17IO/c1-2-3-12-18-14-10-8-13(9-11-14)15-6-4-5-7-16(15)17/h4-11H,2-3,12H2,1H3. The molecule has 0 spiro atoms. The minimum Gasteiger partial charge on any atom is -0.494 e. The zero-order chi connectivity index (χ0) is 12.8. The van der Waals surface area contributed by atoms with E-state index in [4.69, 9.17) is 4.74 Å². The van der Waals surface area contributed by atoms with Crippen molar-refractivity contribution in [3.05, 3.63) is 52.1 Å². The van der Waals surface area contributed by atoms with Crippen LogP contribution in [0.5, 0.6) is 5.75 Å². The zero-order valence-electron chi connectivity index (χ0n) is 10.5. The summed E-state index contributed by atoms with van der Waals surface area (Å²) in [5.41, 5.74) is 2.51. The van der Waals surface area contributed by atoms with Gasteiger partial charge in [0.15, 0.2) is 0 Å². The summed E-state index contributed by atoms with van der Waals surface area (Å²) in [6, 6.07) is 16.8. The van der Waals surface area contributed by atoms with Gasteiger partial charge in [-0.3, -0.25) is 0 Å². The van der Waals surface area contributed by atoms with Crippen LogP contribution in [0.15, 0.2) is 48.5 Å². The van der Waals surface area contributed by atoms with E-state index < -0.39 is 0 Å². The SMILES string of the molecule is CCCCOc1ccc(-c2ccccc2I)cc1. The average Bonchev–Trinajstić information content (AvgIpc) is 2.41. The highest BCUT2D eigenvalue weighted by Gasteiger charge is 2.02. The van der Waals surface area contributed by atoms with E-state index in [9.17, 15) is 0 Å². The first-order chi connectivity index (χ1) is 8.81. The molecule has 2 rings (SSSR count). The second-order valence-corrected chi connectivity index (χ2v) is 5.37. The van der Waals surface area contributed by atoms with Gasteiger partial charge in [0.2, 0.25) is 0 Å². The molecule has 0 aromatic heterocycles. The highest BCUT2D eigenvalue weighted by Crippen LogP contribution is 2.26. The van der Waals surface area contributed by atoms with E-state index in [1.54, 1.807) is 0 Å². The molecule has 0 radical (unpaired) electrons. The van der Waals surface area contributed by atoms with Gasteiger partial charge in [-0.2, -0.15) is 0 Å². The molecule has 0 saturated heterocycles. The molecule has 2 aromatic carbocycles. The van der Waals surface area contributed by atoms with Crippen LogP contribution in [0.3, 0.4) is 0 Å². The Labute approximate surface area is 122 Å². The predicted molar refractivity (Wildman–Crippen MR) is 85.0 cm³/mol. The van der Waals surface area contributed by atoms with E-state index in [1.807, 2.05) is 12.1 Å². The number of hydrogen-bond acceptors (Lipinski definition) is 1. The van der Waals surface area contributed by atoms with Crippen molar-refractivity contribution in [3.8, 4) is 16.9 Å². The summed E-state index contributed by atoms with van der Waals surface area (Å²) >= 11 is 2.37. The van der Waals surface area contributed by atoms with Crippen LogP contribution in [0.2, 0.25) is 0 Å². The van der Waals surface area contributed by atoms with Gasteiger partial charge >= 0.3 is 0 Å². The van der Waals surface area contributed by atoms with Crippen molar-refractivity contribution >= 4 is 22.6 Å². The maximum atomic E-state index is 5.67. The van der Waals surface area contributed by atoms with Gasteiger partial charge in [-0.15, -0.1) is 0 Å². The van der Waals surface area contributed by atoms with Crippen molar-refractivity contribution in [1.82, 2.24) is 0 Å². The van der Waals surface area contributed by atoms with Crippen LogP contribution >= 0.6 is 22.6 Å². The molecule has 0 saturated carbocycles. The minimum absolute atomic E-state index is 0.804. The van der Waals surface area contributed by atoms with Crippen molar-refractivity contribution in [2.45, 2.75) is 19.8 Å². The van der Waals surface area contributed by atoms with Crippen LogP contribution in [0, 0.1) is 3.57 Å². The van der Waals surface area contributed by atoms with E-state index >= 15 is 0 Å². The van der Waals surface area contributed by atoms with Gasteiger partial charge in [0, 0.05) is 3.57 Å². The lowest BCUT2D eigenvalue weighted by atomic mass is 10.1. The van der Waals surface area contributed by atoms with Crippen LogP contribution in [-0.2, 0) is 0 Å². The number of halogens is 1. The highest BCUT2D eigenvalue weighted by atomic mass is 127. The lowest BCUT2D eigenvalue weighted by Gasteiger charge is -2.08. The Morgan fingerprint density at radius 3 is 2.39 bits per heavy atom. The third-order valence-corrected chi connectivity index (χ3v) is 3.75. The highest BCUT2D eigenvalue weighted by molar-refractivity contribution is 14.1. The maximum Gasteiger partial charge on any atom is 0.119 e. The lowest BCUT2D eigenvalue weighted by Crippen LogP contribution is -1.96. The van der Waals surface area contributed by atoms with E-state index in [0.29, 0.717) is 0 Å². The van der Waals surface area contributed by atoms with Crippen molar-refractivity contribution in [1.29, 1.82) is 0 Å². The summed E-state index contributed by atoms with van der Waals surface area (Å²) in [4.78, 5) is 0. The largest absolute Gasteiger partial charge is 0.494 e. The number of hydrogen-bond donors (Lipinski definition) is 0. The van der Waals surface area contributed by atoms with Gasteiger partial charge in [0.1, 0.15) is 5.75 Å². The first-order valence-electron chi connectivity index (χ1n) is 6.29. The molecule has 0 bridgehead atoms. The third kappa shape index (κ3) is 3.48. The van der Waals surface area contributed by atoms with Crippen LogP contribution in [0.4, 0.5) is 0 Å². The van der Waals surface area contributed by atoms with Crippen LogP contribution in [-0.4, -0.2) is 6.61 Å². The average molecular weight is 352 g/mol. The normalized spacial score (nSPS) is 10.3. The van der Waals surface area contributed by atoms with E-state index in [0.717, 1.165) is 18.8 Å². The summed E-state index contributed by atoms with van der Waals surface area (Å²) in [5, 5.41) is 0. The molecule has 18 heavy (non-hydrogen) atoms. The smallest absolute Gasteiger partial charge is 0.119 e. The number of rotatable bonds is 5. The molecule has 0 heterocycles. The van der Waals surface area contributed by atoms with Crippen LogP contribution in [0.25, 0.3) is 11.1 Å². The van der Waals surface area contributed by atoms with Gasteiger partial charge in [-0.05, 0) is 58.3 Å². The molecule has 1 nitrogen and oxygen atoms in total. The summed E-state index contributed by atoms with van der Waals surface area (Å²) in [6.07, 6.45) is 2.28. The molecule has 94 valence electrons. The Morgan fingerprint density at radius 1 is 1.00 bits per heavy atom. The molecule has 0 aliphatic heterocycles. The molecule has 2 heteroatoms. The Morgan fingerprint density at radius 2 is 1.72 bits per heavy atom. The van der Waals surface area contributed by atoms with Gasteiger partial charge < -0.3 is 4.74 Å². The van der Waals surface area contributed by atoms with Crippen molar-refractivity contribution in [2.24, 2.45) is 0 Å². The van der Waals surface area contributed by atoms with Crippen molar-refractivity contribution in [2.75, 3.05) is 6.61 Å². The molecule has 0 amide bonds. The Hall–Kier alpha value is -1.03. The van der Waals surface area contributed by atoms with Gasteiger partial charge in [0.25, 0.3) is 0 Å². The molecule has 0 unspecified atom stereocenters. The molecule has 0 fully saturated rings. The van der Waals surface area contributed by atoms with Gasteiger partial charge in [-0.25, -0.2) is 0 Å². The third-order valence-electron chi connectivity index (χ3n) is 2.81. The topological polar surface area (TPSA) is 9.23 Å². The minimum atomic E-state index is 0.804. The quantitative estimate of drug-likeness (QED) is 0.535. The van der Waals surface area contributed by atoms with Gasteiger partial charge in [-0.1, -0.05) is 43.7 Å². The van der Waals surface area contributed by atoms with Gasteiger partial charge in [0.05, 0.1) is 6.61 Å². The molecule has 0 atom stereocenters. The Balaban J connectivity index is 2.10. The second kappa shape index (κ2) is 6.78. The zero-order valence-corrected chi connectivity index (χ0v) is 12.7. The molecule has 0 aliphatic carbocycles. The van der Waals surface area contributed by atoms with E-state index in [-0.39, 0.29) is 0 Å². The van der Waals surface area contributed by atoms with E-state index in [2.05, 4.69) is 65.9 Å². The number of benzene rings is 2. The number of ether oxygens (including phenoxy) is 1. The van der Waals surface area contributed by atoms with Crippen molar-refractivity contribution in [3.63, 3.8) is 0 Å². The summed E-state index contributed by atoms with van der Waals surface area (Å²) in [6.45, 7) is 2.97. The molecular formula is C16H17IO. The lowest BCUT2D eigenvalue weighted by molar-refractivity contribution is 0.309. The fourth-order valence-corrected chi connectivity index (χ4v) is 2.46. The molecule has 0 N–H and O–H groups in total. The van der Waals surface area contributed by atoms with Crippen molar-refractivity contribution < 1.29 is 4.74 Å². The van der Waals surface area contributed by atoms with E-state index in [1.165, 1.54) is 21.1 Å². The monoisotopic (exact) mass is 352 g/mol. The molecular weight excluding hydrogens is 335 g/mol. The van der Waals surface area contributed by atoms with Crippen LogP contribution in [0.1, 0.15) is 19.8 Å². The molecule has 0 aliphatic rings. The summed E-state index contributed by atoms with van der Waals surface area (Å²) < 4.78 is 6.94. The Bertz CT molecular complexity index is 491. The number of unbranched alkanes of at least 4 members (excludes halogenated alkanes) is 1. The Kier molecular flexibility index (Phi) is 5.05. The first-order valence-corrected chi connectivity index (χ1v) is 7.37. The first kappa shape index (κ1) is 13.4. The fraction of sp³-hybridized carbons (Fsp3) is 0.250. The van der Waals surface area contributed by atoms with Crippen LogP contribution < -0.4 is 4.74 Å². The summed E-state index contributed by atoms with van der Waals surface area (Å²) in [7, 11) is 0. The summed E-state index contributed by atoms with van der Waals surface area (Å²) in [5.74, 6) is 0.957. The maximum absolute atomic E-state index is 5.67. The second-order valence-electron chi connectivity index (χ2n) is 4.21.